The molecule has 5 rings (SSSR count). The Morgan fingerprint density at radius 2 is 1.90 bits per heavy atom. The molecule has 0 unspecified atom stereocenters. The number of amides is 1. The van der Waals surface area contributed by atoms with Gasteiger partial charge in [0.1, 0.15) is 6.04 Å². The quantitative estimate of drug-likeness (QED) is 0.113. The van der Waals surface area contributed by atoms with Crippen molar-refractivity contribution in [3.05, 3.63) is 118 Å². The highest BCUT2D eigenvalue weighted by Gasteiger charge is 2.23. The fraction of sp³-hybridized carbons (Fsp3) is 0.129. The van der Waals surface area contributed by atoms with E-state index < -0.39 is 22.8 Å². The number of aromatic amines is 1. The van der Waals surface area contributed by atoms with Crippen LogP contribution in [-0.2, 0) is 20.7 Å². The summed E-state index contributed by atoms with van der Waals surface area (Å²) in [6.07, 6.45) is 6.77. The van der Waals surface area contributed by atoms with Crippen LogP contribution < -0.4 is 5.32 Å². The Kier molecular flexibility index (Phi) is 7.73. The molecule has 0 saturated heterocycles. The number of esters is 1. The molecule has 0 spiro atoms. The first-order chi connectivity index (χ1) is 19.8. The summed E-state index contributed by atoms with van der Waals surface area (Å²) < 4.78 is 6.64. The van der Waals surface area contributed by atoms with Crippen molar-refractivity contribution in [3.63, 3.8) is 0 Å². The van der Waals surface area contributed by atoms with Crippen molar-refractivity contribution in [1.82, 2.24) is 20.1 Å². The first-order valence-electron chi connectivity index (χ1n) is 12.9. The fourth-order valence-corrected chi connectivity index (χ4v) is 4.62. The van der Waals surface area contributed by atoms with Gasteiger partial charge in [-0.1, -0.05) is 30.3 Å². The molecule has 0 aliphatic carbocycles. The summed E-state index contributed by atoms with van der Waals surface area (Å²) in [5.74, 6) is -1.05. The second kappa shape index (κ2) is 11.7. The second-order valence-corrected chi connectivity index (χ2v) is 9.50. The van der Waals surface area contributed by atoms with Crippen molar-refractivity contribution in [2.75, 3.05) is 7.11 Å². The highest BCUT2D eigenvalue weighted by atomic mass is 16.6. The van der Waals surface area contributed by atoms with Gasteiger partial charge in [0.05, 0.1) is 23.4 Å². The minimum absolute atomic E-state index is 0.0348. The van der Waals surface area contributed by atoms with E-state index in [4.69, 9.17) is 9.84 Å². The summed E-state index contributed by atoms with van der Waals surface area (Å²) in [5.41, 5.74) is 5.44. The number of aryl methyl sites for hydroxylation is 1. The molecular weight excluding hydrogens is 522 g/mol. The molecule has 0 radical (unpaired) electrons. The number of nitrogens with one attached hydrogen (secondary N) is 2. The zero-order chi connectivity index (χ0) is 28.9. The summed E-state index contributed by atoms with van der Waals surface area (Å²) in [6.45, 7) is 1.98. The molecule has 0 fully saturated rings. The smallest absolute Gasteiger partial charge is 0.328 e. The number of hydrogen-bond donors (Lipinski definition) is 2. The van der Waals surface area contributed by atoms with Crippen molar-refractivity contribution < 1.29 is 19.2 Å². The molecular formula is C31H27N5O5. The van der Waals surface area contributed by atoms with Gasteiger partial charge >= 0.3 is 5.97 Å². The zero-order valence-corrected chi connectivity index (χ0v) is 22.4. The minimum atomic E-state index is -0.902. The van der Waals surface area contributed by atoms with E-state index in [-0.39, 0.29) is 12.1 Å². The van der Waals surface area contributed by atoms with Crippen LogP contribution in [0.5, 0.6) is 0 Å². The maximum Gasteiger partial charge on any atom is 0.328 e. The summed E-state index contributed by atoms with van der Waals surface area (Å²) >= 11 is 0. The predicted octanol–water partition coefficient (Wildman–Crippen LogP) is 5.15. The summed E-state index contributed by atoms with van der Waals surface area (Å²) in [5, 5.41) is 19.6. The standard InChI is InChI=1S/C31H27N5O5/c1-20-6-5-7-25(16-20)35-19-22(30(34-35)21-10-13-24(14-11-21)36(39)40)12-15-29(37)33-28(31(38)41-2)17-23-18-32-27-9-4-3-8-26(23)27/h3-16,18-19,28,32H,17H2,1-2H3,(H,33,37)/b15-12-/t28-/m0/s1. The van der Waals surface area contributed by atoms with Gasteiger partial charge in [0.25, 0.3) is 5.69 Å². The Morgan fingerprint density at radius 1 is 1.12 bits per heavy atom. The Labute approximate surface area is 235 Å². The summed E-state index contributed by atoms with van der Waals surface area (Å²) in [6, 6.07) is 20.6. The monoisotopic (exact) mass is 549 g/mol. The number of rotatable bonds is 9. The van der Waals surface area contributed by atoms with E-state index in [0.717, 1.165) is 27.7 Å². The Hall–Kier alpha value is -5.51. The number of fused-ring (bicyclic) bond motifs is 1. The summed E-state index contributed by atoms with van der Waals surface area (Å²) in [4.78, 5) is 39.4. The third-order valence-electron chi connectivity index (χ3n) is 6.68. The molecule has 2 heterocycles. The molecule has 0 aliphatic heterocycles. The predicted molar refractivity (Wildman–Crippen MR) is 155 cm³/mol. The topological polar surface area (TPSA) is 132 Å². The molecule has 0 saturated carbocycles. The van der Waals surface area contributed by atoms with E-state index in [1.54, 1.807) is 29.1 Å². The Balaban J connectivity index is 1.42. The number of aromatic nitrogens is 3. The van der Waals surface area contributed by atoms with E-state index in [1.165, 1.54) is 25.3 Å². The van der Waals surface area contributed by atoms with Gasteiger partial charge < -0.3 is 15.0 Å². The number of methoxy groups -OCH3 is 1. The molecule has 3 aromatic carbocycles. The molecule has 41 heavy (non-hydrogen) atoms. The van der Waals surface area contributed by atoms with Crippen LogP contribution in [0.1, 0.15) is 16.7 Å². The van der Waals surface area contributed by atoms with Gasteiger partial charge in [-0.15, -0.1) is 0 Å². The molecule has 206 valence electrons. The average molecular weight is 550 g/mol. The van der Waals surface area contributed by atoms with Crippen molar-refractivity contribution in [2.45, 2.75) is 19.4 Å². The van der Waals surface area contributed by atoms with Crippen LogP contribution >= 0.6 is 0 Å². The Bertz CT molecular complexity index is 1770. The Morgan fingerprint density at radius 3 is 2.63 bits per heavy atom. The van der Waals surface area contributed by atoms with Crippen LogP contribution in [0.2, 0.25) is 0 Å². The largest absolute Gasteiger partial charge is 0.467 e. The zero-order valence-electron chi connectivity index (χ0n) is 22.4. The number of para-hydroxylation sites is 1. The third-order valence-corrected chi connectivity index (χ3v) is 6.68. The number of ether oxygens (including phenoxy) is 1. The number of carbonyl (C=O) groups is 2. The van der Waals surface area contributed by atoms with Gasteiger partial charge in [0.15, 0.2) is 0 Å². The highest BCUT2D eigenvalue weighted by Crippen LogP contribution is 2.27. The van der Waals surface area contributed by atoms with Crippen molar-refractivity contribution in [3.8, 4) is 16.9 Å². The average Bonchev–Trinajstić information content (AvgIpc) is 3.60. The first-order valence-corrected chi connectivity index (χ1v) is 12.9. The lowest BCUT2D eigenvalue weighted by atomic mass is 10.0. The third kappa shape index (κ3) is 6.06. The molecule has 1 amide bonds. The van der Waals surface area contributed by atoms with Crippen molar-refractivity contribution >= 4 is 34.5 Å². The number of nitrogens with zero attached hydrogens (tertiary/aromatic N) is 3. The lowest BCUT2D eigenvalue weighted by Crippen LogP contribution is -2.42. The molecule has 0 bridgehead atoms. The number of non-ortho nitro benzene ring substituents is 1. The van der Waals surface area contributed by atoms with Gasteiger partial charge in [0, 0.05) is 59.1 Å². The van der Waals surface area contributed by atoms with Gasteiger partial charge in [-0.25, -0.2) is 9.48 Å². The van der Waals surface area contributed by atoms with Crippen LogP contribution in [0, 0.1) is 17.0 Å². The maximum absolute atomic E-state index is 13.0. The van der Waals surface area contributed by atoms with E-state index >= 15 is 0 Å². The van der Waals surface area contributed by atoms with Crippen LogP contribution in [0.4, 0.5) is 5.69 Å². The van der Waals surface area contributed by atoms with Gasteiger partial charge in [0.2, 0.25) is 5.91 Å². The molecule has 1 atom stereocenters. The lowest BCUT2D eigenvalue weighted by molar-refractivity contribution is -0.384. The van der Waals surface area contributed by atoms with E-state index in [9.17, 15) is 19.7 Å². The normalized spacial score (nSPS) is 12.0. The fourth-order valence-electron chi connectivity index (χ4n) is 4.62. The van der Waals surface area contributed by atoms with Crippen LogP contribution in [0.25, 0.3) is 33.9 Å². The van der Waals surface area contributed by atoms with E-state index in [1.807, 2.05) is 61.7 Å². The number of nitro groups is 1. The molecule has 5 aromatic rings. The van der Waals surface area contributed by atoms with Gasteiger partial charge in [-0.05, 0) is 54.5 Å². The molecule has 10 nitrogen and oxygen atoms in total. The second-order valence-electron chi connectivity index (χ2n) is 9.50. The maximum atomic E-state index is 13.0. The number of hydrogen-bond acceptors (Lipinski definition) is 6. The van der Waals surface area contributed by atoms with Crippen molar-refractivity contribution in [1.29, 1.82) is 0 Å². The number of nitro benzene ring substituents is 1. The first kappa shape index (κ1) is 27.1. The number of H-pyrrole nitrogens is 1. The van der Waals surface area contributed by atoms with Gasteiger partial charge in [-0.2, -0.15) is 5.10 Å². The molecule has 2 aromatic heterocycles. The van der Waals surface area contributed by atoms with Crippen LogP contribution in [-0.4, -0.2) is 44.7 Å². The molecule has 0 aliphatic rings. The molecule has 2 N–H and O–H groups in total. The van der Waals surface area contributed by atoms with E-state index in [2.05, 4.69) is 10.3 Å². The summed E-state index contributed by atoms with van der Waals surface area (Å²) in [7, 11) is 1.28. The lowest BCUT2D eigenvalue weighted by Gasteiger charge is -2.15. The van der Waals surface area contributed by atoms with Crippen molar-refractivity contribution in [2.24, 2.45) is 0 Å². The number of carbonyl (C=O) groups excluding carboxylic acids is 2. The van der Waals surface area contributed by atoms with Crippen LogP contribution in [0.3, 0.4) is 0 Å². The highest BCUT2D eigenvalue weighted by molar-refractivity contribution is 5.96. The van der Waals surface area contributed by atoms with Crippen LogP contribution in [0.15, 0.2) is 91.3 Å². The number of benzene rings is 3. The van der Waals surface area contributed by atoms with Gasteiger partial charge in [-0.3, -0.25) is 14.9 Å². The SMILES string of the molecule is COC(=O)[C@H](Cc1c[nH]c2ccccc12)NC(=O)/C=C\c1cn(-c2cccc(C)c2)nc1-c1ccc([N+](=O)[O-])cc1. The van der Waals surface area contributed by atoms with E-state index in [0.29, 0.717) is 16.8 Å². The minimum Gasteiger partial charge on any atom is -0.467 e. The molecule has 10 heteroatoms.